The van der Waals surface area contributed by atoms with E-state index in [-0.39, 0.29) is 0 Å². The summed E-state index contributed by atoms with van der Waals surface area (Å²) in [6.07, 6.45) is 0. The van der Waals surface area contributed by atoms with E-state index in [1.165, 1.54) is 0 Å². The van der Waals surface area contributed by atoms with Gasteiger partial charge in [-0.25, -0.2) is 4.98 Å². The molecule has 0 amide bonds. The number of rotatable bonds is 2. The molecule has 0 unspecified atom stereocenters. The number of hydrogen-bond donors (Lipinski definition) is 0. The lowest BCUT2D eigenvalue weighted by molar-refractivity contribution is 0.326. The van der Waals surface area contributed by atoms with Crippen LogP contribution in [0.25, 0.3) is 0 Å². The van der Waals surface area contributed by atoms with Crippen LogP contribution in [0.4, 0.5) is 0 Å². The van der Waals surface area contributed by atoms with Gasteiger partial charge in [-0.1, -0.05) is 0 Å². The maximum absolute atomic E-state index is 5.29. The Morgan fingerprint density at radius 3 is 2.67 bits per heavy atom. The van der Waals surface area contributed by atoms with Gasteiger partial charge in [0, 0.05) is 10.5 Å². The average molecular weight is 230 g/mol. The van der Waals surface area contributed by atoms with Crippen molar-refractivity contribution in [2.24, 2.45) is 0 Å². The predicted octanol–water partition coefficient (Wildman–Crippen LogP) is 2.86. The van der Waals surface area contributed by atoms with Gasteiger partial charge >= 0.3 is 0 Å². The summed E-state index contributed by atoms with van der Waals surface area (Å²) >= 11 is 3.45. The lowest BCUT2D eigenvalue weighted by atomic mass is 10.2. The van der Waals surface area contributed by atoms with Crippen LogP contribution in [0, 0.1) is 13.8 Å². The lowest BCUT2D eigenvalue weighted by Crippen LogP contribution is -1.97. The average Bonchev–Trinajstić information content (AvgIpc) is 2.01. The van der Waals surface area contributed by atoms with Crippen molar-refractivity contribution in [2.45, 2.75) is 20.8 Å². The van der Waals surface area contributed by atoms with Crippen LogP contribution in [-0.4, -0.2) is 11.6 Å². The van der Waals surface area contributed by atoms with Crippen LogP contribution < -0.4 is 4.74 Å². The van der Waals surface area contributed by atoms with Gasteiger partial charge in [-0.3, -0.25) is 0 Å². The van der Waals surface area contributed by atoms with Gasteiger partial charge < -0.3 is 4.74 Å². The molecule has 1 heterocycles. The first-order valence-corrected chi connectivity index (χ1v) is 4.71. The molecular formula is C9H12BrNO. The lowest BCUT2D eigenvalue weighted by Gasteiger charge is -2.06. The third-order valence-electron chi connectivity index (χ3n) is 1.57. The number of aryl methyl sites for hydroxylation is 2. The van der Waals surface area contributed by atoms with Crippen molar-refractivity contribution >= 4 is 15.9 Å². The van der Waals surface area contributed by atoms with Crippen molar-refractivity contribution in [1.29, 1.82) is 0 Å². The summed E-state index contributed by atoms with van der Waals surface area (Å²) in [7, 11) is 0. The minimum Gasteiger partial charge on any atom is -0.478 e. The number of nitrogens with zero attached hydrogens (tertiary/aromatic N) is 1. The van der Waals surface area contributed by atoms with Crippen molar-refractivity contribution in [3.05, 3.63) is 21.8 Å². The monoisotopic (exact) mass is 229 g/mol. The molecule has 0 fully saturated rings. The third kappa shape index (κ3) is 1.97. The zero-order valence-corrected chi connectivity index (χ0v) is 9.10. The zero-order valence-electron chi connectivity index (χ0n) is 7.52. The van der Waals surface area contributed by atoms with E-state index < -0.39 is 0 Å². The number of halogens is 1. The highest BCUT2D eigenvalue weighted by atomic mass is 79.9. The molecule has 0 aliphatic heterocycles. The first kappa shape index (κ1) is 9.52. The fourth-order valence-electron chi connectivity index (χ4n) is 1.00. The van der Waals surface area contributed by atoms with Crippen molar-refractivity contribution in [2.75, 3.05) is 6.61 Å². The Hall–Kier alpha value is -0.570. The molecule has 0 bridgehead atoms. The Bertz CT molecular complexity index is 263. The Kier molecular flexibility index (Phi) is 3.09. The molecule has 1 aromatic rings. The van der Waals surface area contributed by atoms with Gasteiger partial charge in [-0.15, -0.1) is 0 Å². The van der Waals surface area contributed by atoms with Crippen LogP contribution in [-0.2, 0) is 0 Å². The van der Waals surface area contributed by atoms with E-state index in [2.05, 4.69) is 20.9 Å². The van der Waals surface area contributed by atoms with Gasteiger partial charge in [-0.2, -0.15) is 0 Å². The van der Waals surface area contributed by atoms with Gasteiger partial charge in [-0.05, 0) is 42.3 Å². The fraction of sp³-hybridized carbons (Fsp3) is 0.444. The molecule has 0 N–H and O–H groups in total. The summed E-state index contributed by atoms with van der Waals surface area (Å²) in [5.74, 6) is 0.704. The molecule has 0 saturated heterocycles. The summed E-state index contributed by atoms with van der Waals surface area (Å²) in [4.78, 5) is 4.25. The highest BCUT2D eigenvalue weighted by Gasteiger charge is 2.03. The topological polar surface area (TPSA) is 22.1 Å². The third-order valence-corrected chi connectivity index (χ3v) is 2.77. The zero-order chi connectivity index (χ0) is 9.14. The van der Waals surface area contributed by atoms with Crippen LogP contribution in [0.15, 0.2) is 10.5 Å². The smallest absolute Gasteiger partial charge is 0.213 e. The molecule has 1 aromatic heterocycles. The summed E-state index contributed by atoms with van der Waals surface area (Å²) in [6.45, 7) is 6.60. The molecule has 0 aromatic carbocycles. The van der Waals surface area contributed by atoms with Gasteiger partial charge in [0.25, 0.3) is 0 Å². The molecule has 0 radical (unpaired) electrons. The maximum atomic E-state index is 5.29. The maximum Gasteiger partial charge on any atom is 0.213 e. The Morgan fingerprint density at radius 1 is 1.50 bits per heavy atom. The molecule has 12 heavy (non-hydrogen) atoms. The van der Waals surface area contributed by atoms with Gasteiger partial charge in [0.1, 0.15) is 0 Å². The SMILES string of the molecule is CCOc1cc(C)c(Br)c(C)n1. The molecule has 0 aliphatic carbocycles. The fourth-order valence-corrected chi connectivity index (χ4v) is 1.21. The molecule has 3 heteroatoms. The minimum atomic E-state index is 0.660. The van der Waals surface area contributed by atoms with Crippen LogP contribution in [0.3, 0.4) is 0 Å². The van der Waals surface area contributed by atoms with Crippen molar-refractivity contribution in [3.63, 3.8) is 0 Å². The summed E-state index contributed by atoms with van der Waals surface area (Å²) < 4.78 is 6.35. The van der Waals surface area contributed by atoms with Crippen LogP contribution in [0.2, 0.25) is 0 Å². The number of pyridine rings is 1. The summed E-state index contributed by atoms with van der Waals surface area (Å²) in [5, 5.41) is 0. The van der Waals surface area contributed by atoms with Crippen molar-refractivity contribution < 1.29 is 4.74 Å². The standard InChI is InChI=1S/C9H12BrNO/c1-4-12-8-5-6(2)9(10)7(3)11-8/h5H,4H2,1-3H3. The van der Waals surface area contributed by atoms with E-state index >= 15 is 0 Å². The number of hydrogen-bond acceptors (Lipinski definition) is 2. The van der Waals surface area contributed by atoms with Crippen LogP contribution in [0.5, 0.6) is 5.88 Å². The number of ether oxygens (including phenoxy) is 1. The van der Waals surface area contributed by atoms with E-state index in [0.717, 1.165) is 15.7 Å². The second-order valence-electron chi connectivity index (χ2n) is 2.61. The van der Waals surface area contributed by atoms with Crippen LogP contribution >= 0.6 is 15.9 Å². The molecule has 0 spiro atoms. The first-order valence-electron chi connectivity index (χ1n) is 3.91. The minimum absolute atomic E-state index is 0.660. The highest BCUT2D eigenvalue weighted by Crippen LogP contribution is 2.22. The molecule has 1 rings (SSSR count). The molecule has 66 valence electrons. The second kappa shape index (κ2) is 3.90. The largest absolute Gasteiger partial charge is 0.478 e. The van der Waals surface area contributed by atoms with Gasteiger partial charge in [0.15, 0.2) is 0 Å². The normalized spacial score (nSPS) is 10.0. The van der Waals surface area contributed by atoms with Crippen LogP contribution in [0.1, 0.15) is 18.2 Å². The van der Waals surface area contributed by atoms with Gasteiger partial charge in [0.05, 0.1) is 12.3 Å². The Balaban J connectivity index is 3.04. The summed E-state index contributed by atoms with van der Waals surface area (Å²) in [5.41, 5.74) is 2.13. The molecular weight excluding hydrogens is 218 g/mol. The molecule has 0 aliphatic rings. The first-order chi connectivity index (χ1) is 5.65. The van der Waals surface area contributed by atoms with E-state index in [0.29, 0.717) is 12.5 Å². The van der Waals surface area contributed by atoms with Crippen molar-refractivity contribution in [1.82, 2.24) is 4.98 Å². The van der Waals surface area contributed by atoms with E-state index in [4.69, 9.17) is 4.74 Å². The predicted molar refractivity (Wildman–Crippen MR) is 52.6 cm³/mol. The van der Waals surface area contributed by atoms with E-state index in [1.807, 2.05) is 26.8 Å². The molecule has 2 nitrogen and oxygen atoms in total. The molecule has 0 saturated carbocycles. The van der Waals surface area contributed by atoms with Crippen molar-refractivity contribution in [3.8, 4) is 5.88 Å². The quantitative estimate of drug-likeness (QED) is 0.779. The highest BCUT2D eigenvalue weighted by molar-refractivity contribution is 9.10. The van der Waals surface area contributed by atoms with E-state index in [1.54, 1.807) is 0 Å². The van der Waals surface area contributed by atoms with Gasteiger partial charge in [0.2, 0.25) is 5.88 Å². The Labute approximate surface area is 81.1 Å². The number of aromatic nitrogens is 1. The second-order valence-corrected chi connectivity index (χ2v) is 3.40. The summed E-state index contributed by atoms with van der Waals surface area (Å²) in [6, 6.07) is 1.93. The van der Waals surface area contributed by atoms with E-state index in [9.17, 15) is 0 Å². The Morgan fingerprint density at radius 2 is 2.17 bits per heavy atom. The molecule has 0 atom stereocenters.